The number of amides is 1. The summed E-state index contributed by atoms with van der Waals surface area (Å²) in [4.78, 5) is 11.9. The van der Waals surface area contributed by atoms with Gasteiger partial charge in [0.05, 0.1) is 10.6 Å². The highest BCUT2D eigenvalue weighted by Crippen LogP contribution is 2.28. The number of halogens is 1. The van der Waals surface area contributed by atoms with Gasteiger partial charge in [-0.15, -0.1) is 6.58 Å². The predicted octanol–water partition coefficient (Wildman–Crippen LogP) is 2.06. The van der Waals surface area contributed by atoms with E-state index in [9.17, 15) is 26.0 Å². The number of hydrogen-bond donors (Lipinski definition) is 1. The summed E-state index contributed by atoms with van der Waals surface area (Å²) in [6, 6.07) is 12.6. The highest BCUT2D eigenvalue weighted by Gasteiger charge is 2.30. The van der Waals surface area contributed by atoms with Crippen LogP contribution in [0, 0.1) is 5.82 Å². The van der Waals surface area contributed by atoms with Crippen molar-refractivity contribution in [2.75, 3.05) is 18.1 Å². The minimum atomic E-state index is -3.97. The van der Waals surface area contributed by atoms with E-state index in [0.717, 1.165) is 24.3 Å². The van der Waals surface area contributed by atoms with Crippen LogP contribution in [-0.2, 0) is 24.5 Å². The molecule has 0 saturated carbocycles. The second kappa shape index (κ2) is 9.11. The standard InChI is InChI=1S/C19H20FNO5S2/c1-2-12-27(23,24)14-19(22)21-13-18(15-6-4-3-5-7-15)28(25,26)17-10-8-16(20)9-11-17/h2-11,18H,1,12-14H2,(H,21,22). The first-order valence-electron chi connectivity index (χ1n) is 8.28. The van der Waals surface area contributed by atoms with Crippen LogP contribution in [0.25, 0.3) is 0 Å². The Kier molecular flexibility index (Phi) is 7.09. The van der Waals surface area contributed by atoms with Gasteiger partial charge in [-0.2, -0.15) is 0 Å². The van der Waals surface area contributed by atoms with E-state index in [1.165, 1.54) is 6.08 Å². The molecule has 0 aliphatic carbocycles. The molecule has 0 radical (unpaired) electrons. The number of sulfone groups is 2. The zero-order valence-corrected chi connectivity index (χ0v) is 16.5. The molecule has 0 spiro atoms. The summed E-state index contributed by atoms with van der Waals surface area (Å²) in [5.41, 5.74) is 0.418. The predicted molar refractivity (Wildman–Crippen MR) is 105 cm³/mol. The normalized spacial score (nSPS) is 12.9. The van der Waals surface area contributed by atoms with E-state index in [0.29, 0.717) is 5.56 Å². The minimum Gasteiger partial charge on any atom is -0.354 e. The van der Waals surface area contributed by atoms with E-state index in [1.54, 1.807) is 30.3 Å². The summed E-state index contributed by atoms with van der Waals surface area (Å²) < 4.78 is 62.7. The Morgan fingerprint density at radius 1 is 1.04 bits per heavy atom. The third-order valence-corrected chi connectivity index (χ3v) is 7.46. The third kappa shape index (κ3) is 5.74. The number of nitrogens with one attached hydrogen (secondary N) is 1. The van der Waals surface area contributed by atoms with Crippen LogP contribution < -0.4 is 5.32 Å². The summed E-state index contributed by atoms with van der Waals surface area (Å²) in [5, 5.41) is 1.22. The number of carbonyl (C=O) groups is 1. The van der Waals surface area contributed by atoms with Gasteiger partial charge in [0, 0.05) is 6.54 Å². The molecule has 0 aromatic heterocycles. The fourth-order valence-electron chi connectivity index (χ4n) is 2.56. The van der Waals surface area contributed by atoms with Crippen LogP contribution in [0.2, 0.25) is 0 Å². The summed E-state index contributed by atoms with van der Waals surface area (Å²) in [6.45, 7) is 2.99. The summed E-state index contributed by atoms with van der Waals surface area (Å²) in [5.74, 6) is -2.50. The maximum atomic E-state index is 13.2. The fourth-order valence-corrected chi connectivity index (χ4v) is 5.20. The second-order valence-corrected chi connectivity index (χ2v) is 10.3. The average molecular weight is 426 g/mol. The lowest BCUT2D eigenvalue weighted by atomic mass is 10.1. The Bertz CT molecular complexity index is 1030. The van der Waals surface area contributed by atoms with Crippen molar-refractivity contribution in [3.8, 4) is 0 Å². The van der Waals surface area contributed by atoms with Gasteiger partial charge in [0.25, 0.3) is 0 Å². The summed E-state index contributed by atoms with van der Waals surface area (Å²) in [6.07, 6.45) is 1.17. The van der Waals surface area contributed by atoms with Gasteiger partial charge in [0.2, 0.25) is 5.91 Å². The number of rotatable bonds is 9. The molecule has 0 saturated heterocycles. The van der Waals surface area contributed by atoms with Gasteiger partial charge >= 0.3 is 0 Å². The Morgan fingerprint density at radius 2 is 1.64 bits per heavy atom. The van der Waals surface area contributed by atoms with Crippen LogP contribution in [-0.4, -0.2) is 40.8 Å². The lowest BCUT2D eigenvalue weighted by Gasteiger charge is -2.19. The molecule has 0 bridgehead atoms. The molecule has 0 fully saturated rings. The molecule has 6 nitrogen and oxygen atoms in total. The van der Waals surface area contributed by atoms with Gasteiger partial charge < -0.3 is 5.32 Å². The van der Waals surface area contributed by atoms with Gasteiger partial charge in [-0.1, -0.05) is 36.4 Å². The first-order valence-corrected chi connectivity index (χ1v) is 11.6. The van der Waals surface area contributed by atoms with Crippen molar-refractivity contribution in [3.05, 3.63) is 78.6 Å². The van der Waals surface area contributed by atoms with Gasteiger partial charge in [-0.25, -0.2) is 21.2 Å². The molecular weight excluding hydrogens is 405 g/mol. The molecule has 0 aliphatic rings. The first-order chi connectivity index (χ1) is 13.2. The molecule has 28 heavy (non-hydrogen) atoms. The minimum absolute atomic E-state index is 0.101. The highest BCUT2D eigenvalue weighted by molar-refractivity contribution is 7.92. The van der Waals surface area contributed by atoms with Crippen LogP contribution in [0.3, 0.4) is 0 Å². The molecular formula is C19H20FNO5S2. The molecule has 2 aromatic rings. The number of hydrogen-bond acceptors (Lipinski definition) is 5. The maximum absolute atomic E-state index is 13.2. The average Bonchev–Trinajstić information content (AvgIpc) is 2.62. The largest absolute Gasteiger partial charge is 0.354 e. The van der Waals surface area contributed by atoms with Crippen molar-refractivity contribution in [1.82, 2.24) is 5.32 Å². The zero-order chi connectivity index (χ0) is 20.8. The van der Waals surface area contributed by atoms with Crippen molar-refractivity contribution in [3.63, 3.8) is 0 Å². The number of benzene rings is 2. The van der Waals surface area contributed by atoms with E-state index < -0.39 is 42.4 Å². The van der Waals surface area contributed by atoms with E-state index in [-0.39, 0.29) is 17.2 Å². The summed E-state index contributed by atoms with van der Waals surface area (Å²) >= 11 is 0. The highest BCUT2D eigenvalue weighted by atomic mass is 32.2. The zero-order valence-electron chi connectivity index (χ0n) is 14.9. The van der Waals surface area contributed by atoms with Crippen LogP contribution in [0.4, 0.5) is 4.39 Å². The SMILES string of the molecule is C=CCS(=O)(=O)CC(=O)NCC(c1ccccc1)S(=O)(=O)c1ccc(F)cc1. The fraction of sp³-hybridized carbons (Fsp3) is 0.211. The van der Waals surface area contributed by atoms with Gasteiger partial charge in [0.15, 0.2) is 19.7 Å². The quantitative estimate of drug-likeness (QED) is 0.490. The lowest BCUT2D eigenvalue weighted by molar-refractivity contribution is -0.118. The second-order valence-electron chi connectivity index (χ2n) is 6.05. The smallest absolute Gasteiger partial charge is 0.235 e. The lowest BCUT2D eigenvalue weighted by Crippen LogP contribution is -2.36. The molecule has 0 heterocycles. The maximum Gasteiger partial charge on any atom is 0.235 e. The van der Waals surface area contributed by atoms with Crippen molar-refractivity contribution in [2.45, 2.75) is 10.1 Å². The monoisotopic (exact) mass is 425 g/mol. The number of carbonyl (C=O) groups excluding carboxylic acids is 1. The Hall–Kier alpha value is -2.52. The van der Waals surface area contributed by atoms with E-state index >= 15 is 0 Å². The van der Waals surface area contributed by atoms with Crippen molar-refractivity contribution in [1.29, 1.82) is 0 Å². The Morgan fingerprint density at radius 3 is 2.21 bits per heavy atom. The van der Waals surface area contributed by atoms with Crippen LogP contribution >= 0.6 is 0 Å². The van der Waals surface area contributed by atoms with Crippen LogP contribution in [0.1, 0.15) is 10.8 Å². The van der Waals surface area contributed by atoms with Gasteiger partial charge in [-0.3, -0.25) is 4.79 Å². The molecule has 1 atom stereocenters. The van der Waals surface area contributed by atoms with Crippen molar-refractivity contribution in [2.24, 2.45) is 0 Å². The molecule has 0 aliphatic heterocycles. The molecule has 2 aromatic carbocycles. The van der Waals surface area contributed by atoms with Crippen LogP contribution in [0.15, 0.2) is 72.1 Å². The van der Waals surface area contributed by atoms with Crippen LogP contribution in [0.5, 0.6) is 0 Å². The van der Waals surface area contributed by atoms with E-state index in [4.69, 9.17) is 0 Å². The molecule has 1 N–H and O–H groups in total. The van der Waals surface area contributed by atoms with Crippen molar-refractivity contribution < 1.29 is 26.0 Å². The molecule has 150 valence electrons. The molecule has 1 amide bonds. The van der Waals surface area contributed by atoms with Gasteiger partial charge in [-0.05, 0) is 29.8 Å². The molecule has 9 heteroatoms. The Labute approximate surface area is 163 Å². The Balaban J connectivity index is 2.27. The molecule has 1 unspecified atom stereocenters. The van der Waals surface area contributed by atoms with E-state index in [1.807, 2.05) is 0 Å². The topological polar surface area (TPSA) is 97.4 Å². The van der Waals surface area contributed by atoms with Gasteiger partial charge in [0.1, 0.15) is 16.8 Å². The third-order valence-electron chi connectivity index (χ3n) is 3.90. The van der Waals surface area contributed by atoms with Crippen molar-refractivity contribution >= 4 is 25.6 Å². The van der Waals surface area contributed by atoms with E-state index in [2.05, 4.69) is 11.9 Å². The summed E-state index contributed by atoms with van der Waals surface area (Å²) in [7, 11) is -7.62. The molecule has 2 rings (SSSR count). The first kappa shape index (κ1) is 21.8.